The number of rotatable bonds is 4. The lowest BCUT2D eigenvalue weighted by Crippen LogP contribution is -2.22. The molecule has 2 N–H and O–H groups in total. The summed E-state index contributed by atoms with van der Waals surface area (Å²) in [6.45, 7) is 0. The second-order valence-electron chi connectivity index (χ2n) is 4.73. The minimum Gasteiger partial charge on any atom is -0.288 e. The highest BCUT2D eigenvalue weighted by Crippen LogP contribution is 2.17. The first-order valence-electron chi connectivity index (χ1n) is 6.74. The molecule has 0 saturated heterocycles. The summed E-state index contributed by atoms with van der Waals surface area (Å²) in [7, 11) is 1.41. The van der Waals surface area contributed by atoms with Crippen molar-refractivity contribution in [3.8, 4) is 0 Å². The van der Waals surface area contributed by atoms with Crippen molar-refractivity contribution in [1.82, 2.24) is 10.5 Å². The van der Waals surface area contributed by atoms with E-state index < -0.39 is 17.6 Å². The molecule has 0 spiro atoms. The maximum absolute atomic E-state index is 13.9. The molecule has 0 fully saturated rings. The fraction of sp³-hybridized carbons (Fsp3) is 0.0625. The predicted octanol–water partition coefficient (Wildman–Crippen LogP) is 2.70. The average Bonchev–Trinajstić information content (AvgIpc) is 2.59. The van der Waals surface area contributed by atoms with Gasteiger partial charge in [-0.2, -0.15) is 5.10 Å². The first-order chi connectivity index (χ1) is 11.4. The molecule has 0 aliphatic rings. The summed E-state index contributed by atoms with van der Waals surface area (Å²) in [5.74, 6) is -2.00. The van der Waals surface area contributed by atoms with Crippen LogP contribution >= 0.6 is 11.6 Å². The maximum atomic E-state index is 13.9. The van der Waals surface area contributed by atoms with E-state index in [1.54, 1.807) is 24.3 Å². The molecule has 0 bridgehead atoms. The molecule has 2 aromatic rings. The van der Waals surface area contributed by atoms with E-state index in [-0.39, 0.29) is 21.7 Å². The number of carbonyl (C=O) groups excluding carboxylic acids is 2. The second-order valence-corrected chi connectivity index (χ2v) is 5.14. The van der Waals surface area contributed by atoms with Gasteiger partial charge in [-0.05, 0) is 30.3 Å². The lowest BCUT2D eigenvalue weighted by atomic mass is 10.1. The fourth-order valence-electron chi connectivity index (χ4n) is 1.85. The number of hydrogen-bond acceptors (Lipinski definition) is 4. The van der Waals surface area contributed by atoms with Crippen molar-refractivity contribution in [3.05, 3.63) is 70.0 Å². The normalized spacial score (nSPS) is 10.7. The fourth-order valence-corrected chi connectivity index (χ4v) is 2.06. The first-order valence-corrected chi connectivity index (χ1v) is 7.12. The van der Waals surface area contributed by atoms with E-state index >= 15 is 0 Å². The maximum Gasteiger partial charge on any atom is 0.275 e. The van der Waals surface area contributed by atoms with E-state index in [1.165, 1.54) is 24.7 Å². The molecule has 24 heavy (non-hydrogen) atoms. The smallest absolute Gasteiger partial charge is 0.275 e. The lowest BCUT2D eigenvalue weighted by Gasteiger charge is -2.12. The summed E-state index contributed by atoms with van der Waals surface area (Å²) in [5, 5.41) is 13.7. The molecule has 2 amide bonds. The van der Waals surface area contributed by atoms with Crippen LogP contribution in [-0.2, 0) is 0 Å². The summed E-state index contributed by atoms with van der Waals surface area (Å²) >= 11 is 5.95. The third-order valence-electron chi connectivity index (χ3n) is 3.13. The molecule has 0 atom stereocenters. The highest BCUT2D eigenvalue weighted by molar-refractivity contribution is 6.33. The summed E-state index contributed by atoms with van der Waals surface area (Å²) in [4.78, 5) is 23.4. The van der Waals surface area contributed by atoms with E-state index in [0.717, 1.165) is 17.3 Å². The minimum atomic E-state index is -0.830. The molecule has 0 aliphatic heterocycles. The molecule has 2 aromatic carbocycles. The topological polar surface area (TPSA) is 82.0 Å². The van der Waals surface area contributed by atoms with Crippen LogP contribution in [0.4, 0.5) is 4.39 Å². The van der Waals surface area contributed by atoms with Gasteiger partial charge in [0.15, 0.2) is 0 Å². The standard InChI is InChI=1S/C16H13ClFN3O3/c1-21(16(23)12-4-2-3-5-13(12)17)19-9-11-7-6-10(8-14(11)18)15(22)20-24/h2-9,24H,1H3,(H,20,22). The van der Waals surface area contributed by atoms with Crippen molar-refractivity contribution in [2.45, 2.75) is 0 Å². The molecule has 0 radical (unpaired) electrons. The number of hydroxylamine groups is 1. The summed E-state index contributed by atoms with van der Waals surface area (Å²) in [6, 6.07) is 10.1. The zero-order chi connectivity index (χ0) is 17.7. The average molecular weight is 350 g/mol. The van der Waals surface area contributed by atoms with Crippen LogP contribution in [0.5, 0.6) is 0 Å². The zero-order valence-electron chi connectivity index (χ0n) is 12.5. The molecule has 0 aliphatic carbocycles. The Labute approximate surface area is 142 Å². The van der Waals surface area contributed by atoms with E-state index in [9.17, 15) is 14.0 Å². The van der Waals surface area contributed by atoms with Gasteiger partial charge in [-0.1, -0.05) is 23.7 Å². The van der Waals surface area contributed by atoms with E-state index in [1.807, 2.05) is 0 Å². The lowest BCUT2D eigenvalue weighted by molar-refractivity contribution is 0.0705. The number of hydrazone groups is 1. The first kappa shape index (κ1) is 17.6. The Bertz CT molecular complexity index is 811. The number of halogens is 2. The quantitative estimate of drug-likeness (QED) is 0.506. The van der Waals surface area contributed by atoms with Crippen molar-refractivity contribution in [1.29, 1.82) is 0 Å². The van der Waals surface area contributed by atoms with Crippen LogP contribution in [0.15, 0.2) is 47.6 Å². The highest BCUT2D eigenvalue weighted by Gasteiger charge is 2.14. The Kier molecular flexibility index (Phi) is 5.62. The van der Waals surface area contributed by atoms with Crippen molar-refractivity contribution in [3.63, 3.8) is 0 Å². The highest BCUT2D eigenvalue weighted by atomic mass is 35.5. The number of hydrogen-bond donors (Lipinski definition) is 2. The molecule has 0 unspecified atom stereocenters. The van der Waals surface area contributed by atoms with E-state index in [0.29, 0.717) is 0 Å². The summed E-state index contributed by atoms with van der Waals surface area (Å²) in [5.41, 5.74) is 1.71. The molecular weight excluding hydrogens is 337 g/mol. The monoisotopic (exact) mass is 349 g/mol. The largest absolute Gasteiger partial charge is 0.288 e. The molecule has 0 aromatic heterocycles. The molecule has 2 rings (SSSR count). The van der Waals surface area contributed by atoms with Gasteiger partial charge in [-0.15, -0.1) is 0 Å². The van der Waals surface area contributed by atoms with Gasteiger partial charge in [-0.25, -0.2) is 14.9 Å². The van der Waals surface area contributed by atoms with Gasteiger partial charge < -0.3 is 0 Å². The summed E-state index contributed by atoms with van der Waals surface area (Å²) in [6.07, 6.45) is 1.14. The Morgan fingerprint density at radius 1 is 1.29 bits per heavy atom. The Hall–Kier alpha value is -2.77. The number of carbonyl (C=O) groups is 2. The Morgan fingerprint density at radius 2 is 2.00 bits per heavy atom. The van der Waals surface area contributed by atoms with E-state index in [4.69, 9.17) is 16.8 Å². The predicted molar refractivity (Wildman–Crippen MR) is 86.8 cm³/mol. The molecule has 0 saturated carbocycles. The van der Waals surface area contributed by atoms with Gasteiger partial charge in [0.2, 0.25) is 0 Å². The van der Waals surface area contributed by atoms with Gasteiger partial charge in [0.25, 0.3) is 11.8 Å². The van der Waals surface area contributed by atoms with Crippen molar-refractivity contribution in [2.75, 3.05) is 7.05 Å². The van der Waals surface area contributed by atoms with Crippen LogP contribution in [0.25, 0.3) is 0 Å². The SMILES string of the molecule is CN(N=Cc1ccc(C(=O)NO)cc1F)C(=O)c1ccccc1Cl. The molecule has 6 nitrogen and oxygen atoms in total. The third kappa shape index (κ3) is 3.95. The Balaban J connectivity index is 2.17. The van der Waals surface area contributed by atoms with Crippen molar-refractivity contribution >= 4 is 29.6 Å². The Morgan fingerprint density at radius 3 is 2.62 bits per heavy atom. The van der Waals surface area contributed by atoms with Gasteiger partial charge in [0.05, 0.1) is 16.8 Å². The molecular formula is C16H13ClFN3O3. The number of amides is 2. The zero-order valence-corrected chi connectivity index (χ0v) is 13.3. The summed E-state index contributed by atoms with van der Waals surface area (Å²) < 4.78 is 13.9. The van der Waals surface area contributed by atoms with Crippen LogP contribution in [0.2, 0.25) is 5.02 Å². The van der Waals surface area contributed by atoms with Crippen LogP contribution in [0.3, 0.4) is 0 Å². The molecule has 0 heterocycles. The molecule has 8 heteroatoms. The van der Waals surface area contributed by atoms with Crippen LogP contribution in [0, 0.1) is 5.82 Å². The van der Waals surface area contributed by atoms with Gasteiger partial charge >= 0.3 is 0 Å². The van der Waals surface area contributed by atoms with Gasteiger partial charge in [0.1, 0.15) is 5.82 Å². The van der Waals surface area contributed by atoms with Crippen molar-refractivity contribution < 1.29 is 19.2 Å². The van der Waals surface area contributed by atoms with E-state index in [2.05, 4.69) is 5.10 Å². The molecule has 124 valence electrons. The van der Waals surface area contributed by atoms with Crippen LogP contribution < -0.4 is 5.48 Å². The second kappa shape index (κ2) is 7.67. The van der Waals surface area contributed by atoms with Crippen LogP contribution in [-0.4, -0.2) is 35.3 Å². The number of benzene rings is 2. The third-order valence-corrected chi connectivity index (χ3v) is 3.46. The van der Waals surface area contributed by atoms with Crippen molar-refractivity contribution in [2.24, 2.45) is 5.10 Å². The van der Waals surface area contributed by atoms with Crippen LogP contribution in [0.1, 0.15) is 26.3 Å². The van der Waals surface area contributed by atoms with Gasteiger partial charge in [0, 0.05) is 18.2 Å². The van der Waals surface area contributed by atoms with Gasteiger partial charge in [-0.3, -0.25) is 14.8 Å². The minimum absolute atomic E-state index is 0.0485. The number of nitrogens with one attached hydrogen (secondary N) is 1. The number of nitrogens with zero attached hydrogens (tertiary/aromatic N) is 2.